The smallest absolute Gasteiger partial charge is 0.257 e. The summed E-state index contributed by atoms with van der Waals surface area (Å²) in [5.74, 6) is -4.23. The number of carbonyl (C=O) groups excluding carboxylic acids is 1. The molecule has 1 amide bonds. The van der Waals surface area contributed by atoms with Crippen molar-refractivity contribution < 1.29 is 27.8 Å². The van der Waals surface area contributed by atoms with Gasteiger partial charge in [-0.05, 0) is 42.8 Å². The van der Waals surface area contributed by atoms with E-state index in [0.29, 0.717) is 11.3 Å². The molecule has 1 aliphatic rings. The fourth-order valence-electron chi connectivity index (χ4n) is 4.08. The number of rotatable bonds is 7. The average Bonchev–Trinajstić information content (AvgIpc) is 2.86. The number of carbonyl (C=O) groups is 1. The van der Waals surface area contributed by atoms with Gasteiger partial charge in [-0.15, -0.1) is 0 Å². The highest BCUT2D eigenvalue weighted by Crippen LogP contribution is 2.40. The molecule has 190 valence electrons. The lowest BCUT2D eigenvalue weighted by atomic mass is 9.87. The Morgan fingerprint density at radius 3 is 2.78 bits per heavy atom. The van der Waals surface area contributed by atoms with Crippen molar-refractivity contribution >= 4 is 11.7 Å². The number of aliphatic hydroxyl groups is 1. The minimum atomic E-state index is -2.97. The van der Waals surface area contributed by atoms with Gasteiger partial charge in [0.05, 0.1) is 24.8 Å². The molecule has 36 heavy (non-hydrogen) atoms. The van der Waals surface area contributed by atoms with Gasteiger partial charge in [-0.1, -0.05) is 6.07 Å². The molecule has 3 N–H and O–H groups in total. The molecule has 1 aliphatic heterocycles. The first kappa shape index (κ1) is 25.4. The van der Waals surface area contributed by atoms with E-state index in [1.54, 1.807) is 17.9 Å². The highest BCUT2D eigenvalue weighted by Gasteiger charge is 2.46. The maximum atomic E-state index is 14.6. The number of aromatic amines is 1. The number of H-pyrrole nitrogens is 1. The lowest BCUT2D eigenvalue weighted by molar-refractivity contribution is -0.125. The predicted octanol–water partition coefficient (Wildman–Crippen LogP) is 3.65. The lowest BCUT2D eigenvalue weighted by Crippen LogP contribution is -2.52. The van der Waals surface area contributed by atoms with Crippen molar-refractivity contribution in [3.8, 4) is 11.5 Å². The number of piperidine rings is 1. The van der Waals surface area contributed by atoms with Crippen molar-refractivity contribution in [2.45, 2.75) is 37.8 Å². The Morgan fingerprint density at radius 1 is 1.31 bits per heavy atom. The maximum Gasteiger partial charge on any atom is 0.257 e. The highest BCUT2D eigenvalue weighted by molar-refractivity contribution is 5.93. The van der Waals surface area contributed by atoms with Crippen LogP contribution in [0.5, 0.6) is 11.5 Å². The second-order valence-electron chi connectivity index (χ2n) is 8.60. The second-order valence-corrected chi connectivity index (χ2v) is 8.60. The first-order chi connectivity index (χ1) is 17.2. The number of alkyl halides is 2. The van der Waals surface area contributed by atoms with Gasteiger partial charge in [0.25, 0.3) is 5.92 Å². The Balaban J connectivity index is 1.39. The number of ether oxygens (including phenoxy) is 1. The number of benzene rings is 1. The molecule has 0 saturated carbocycles. The van der Waals surface area contributed by atoms with Crippen molar-refractivity contribution in [3.63, 3.8) is 0 Å². The average molecular weight is 502 g/mol. The Hall–Kier alpha value is -3.70. The molecule has 2 atom stereocenters. The van der Waals surface area contributed by atoms with Crippen LogP contribution in [-0.2, 0) is 11.4 Å². The zero-order chi connectivity index (χ0) is 25.9. The molecule has 1 saturated heterocycles. The van der Waals surface area contributed by atoms with E-state index >= 15 is 0 Å². The van der Waals surface area contributed by atoms with Gasteiger partial charge in [0.2, 0.25) is 11.5 Å². The van der Waals surface area contributed by atoms with E-state index in [-0.39, 0.29) is 35.8 Å². The molecule has 0 radical (unpaired) electrons. The SMILES string of the molecule is CC(C(=O)Nc1ccc(Oc2ccc(F)cc2CO)cn1)N1CCC(F)(F)[C@@H](c2ccc(=O)[nH]c2)C1. The lowest BCUT2D eigenvalue weighted by Gasteiger charge is -2.40. The molecule has 1 unspecified atom stereocenters. The molecule has 11 heteroatoms. The van der Waals surface area contributed by atoms with Crippen LogP contribution in [-0.4, -0.2) is 50.9 Å². The number of pyridine rings is 2. The van der Waals surface area contributed by atoms with E-state index in [1.807, 2.05) is 0 Å². The summed E-state index contributed by atoms with van der Waals surface area (Å²) >= 11 is 0. The van der Waals surface area contributed by atoms with Gasteiger partial charge < -0.3 is 20.1 Å². The van der Waals surface area contributed by atoms with E-state index in [9.17, 15) is 27.9 Å². The Bertz CT molecular complexity index is 1260. The van der Waals surface area contributed by atoms with Crippen LogP contribution in [0.25, 0.3) is 0 Å². The van der Waals surface area contributed by atoms with Gasteiger partial charge in [-0.3, -0.25) is 14.5 Å². The van der Waals surface area contributed by atoms with E-state index < -0.39 is 42.6 Å². The second kappa shape index (κ2) is 10.5. The molecule has 0 aliphatic carbocycles. The summed E-state index contributed by atoms with van der Waals surface area (Å²) < 4.78 is 48.2. The molecule has 0 bridgehead atoms. The monoisotopic (exact) mass is 502 g/mol. The summed E-state index contributed by atoms with van der Waals surface area (Å²) in [6.45, 7) is 1.20. The third-order valence-electron chi connectivity index (χ3n) is 6.21. The molecular formula is C25H25F3N4O4. The van der Waals surface area contributed by atoms with Crippen molar-refractivity contribution in [1.29, 1.82) is 0 Å². The number of aromatic nitrogens is 2. The highest BCUT2D eigenvalue weighted by atomic mass is 19.3. The molecule has 8 nitrogen and oxygen atoms in total. The zero-order valence-electron chi connectivity index (χ0n) is 19.4. The minimum Gasteiger partial charge on any atom is -0.455 e. The molecule has 1 aromatic carbocycles. The maximum absolute atomic E-state index is 14.6. The first-order valence-electron chi connectivity index (χ1n) is 11.3. The van der Waals surface area contributed by atoms with Crippen LogP contribution in [0, 0.1) is 5.82 Å². The number of amides is 1. The summed E-state index contributed by atoms with van der Waals surface area (Å²) in [7, 11) is 0. The number of halogens is 3. The molecule has 2 aromatic heterocycles. The summed E-state index contributed by atoms with van der Waals surface area (Å²) in [4.78, 5) is 32.4. The predicted molar refractivity (Wildman–Crippen MR) is 126 cm³/mol. The van der Waals surface area contributed by atoms with E-state index in [0.717, 1.165) is 6.07 Å². The summed E-state index contributed by atoms with van der Waals surface area (Å²) in [6, 6.07) is 8.69. The number of hydrogen-bond donors (Lipinski definition) is 3. The van der Waals surface area contributed by atoms with Gasteiger partial charge in [-0.2, -0.15) is 0 Å². The number of anilines is 1. The summed E-state index contributed by atoms with van der Waals surface area (Å²) in [5, 5.41) is 12.0. The van der Waals surface area contributed by atoms with Crippen LogP contribution in [0.3, 0.4) is 0 Å². The standard InChI is InChI=1S/C25H25F3N4O4/c1-15(32-9-8-25(27,28)20(13-32)16-2-7-23(34)30-11-16)24(35)31-22-6-4-19(12-29-22)36-21-5-3-18(26)10-17(21)14-33/h2-7,10-12,15,20,33H,8-9,13-14H2,1H3,(H,30,34)(H,29,31,35)/t15?,20-/m1/s1. The normalized spacial score (nSPS) is 18.4. The van der Waals surface area contributed by atoms with Crippen molar-refractivity contribution in [3.05, 3.63) is 82.2 Å². The molecule has 3 heterocycles. The van der Waals surface area contributed by atoms with Crippen molar-refractivity contribution in [2.75, 3.05) is 18.4 Å². The quantitative estimate of drug-likeness (QED) is 0.455. The van der Waals surface area contributed by atoms with E-state index in [1.165, 1.54) is 42.7 Å². The number of nitrogens with zero attached hydrogens (tertiary/aromatic N) is 2. The molecule has 4 rings (SSSR count). The minimum absolute atomic E-state index is 0.0342. The summed E-state index contributed by atoms with van der Waals surface area (Å²) in [6.07, 6.45) is 2.23. The van der Waals surface area contributed by atoms with Gasteiger partial charge in [0, 0.05) is 37.3 Å². The van der Waals surface area contributed by atoms with Crippen LogP contribution in [0.4, 0.5) is 19.0 Å². The topological polar surface area (TPSA) is 108 Å². The number of likely N-dealkylation sites (tertiary alicyclic amines) is 1. The van der Waals surface area contributed by atoms with Crippen LogP contribution in [0.15, 0.2) is 59.7 Å². The van der Waals surface area contributed by atoms with E-state index in [4.69, 9.17) is 4.74 Å². The third kappa shape index (κ3) is 5.74. The van der Waals surface area contributed by atoms with Crippen molar-refractivity contribution in [1.82, 2.24) is 14.9 Å². The largest absolute Gasteiger partial charge is 0.455 e. The number of hydrogen-bond acceptors (Lipinski definition) is 6. The van der Waals surface area contributed by atoms with Gasteiger partial charge >= 0.3 is 0 Å². The number of aliphatic hydroxyl groups excluding tert-OH is 1. The molecule has 1 fully saturated rings. The summed E-state index contributed by atoms with van der Waals surface area (Å²) in [5.41, 5.74) is 0.200. The molecule has 3 aromatic rings. The van der Waals surface area contributed by atoms with Crippen LogP contribution in [0.1, 0.15) is 30.4 Å². The van der Waals surface area contributed by atoms with Gasteiger partial charge in [0.15, 0.2) is 0 Å². The van der Waals surface area contributed by atoms with Crippen LogP contribution < -0.4 is 15.6 Å². The third-order valence-corrected chi connectivity index (χ3v) is 6.21. The van der Waals surface area contributed by atoms with Crippen molar-refractivity contribution in [2.24, 2.45) is 0 Å². The van der Waals surface area contributed by atoms with Gasteiger partial charge in [-0.25, -0.2) is 18.2 Å². The van der Waals surface area contributed by atoms with Gasteiger partial charge in [0.1, 0.15) is 23.1 Å². The Morgan fingerprint density at radius 2 is 2.11 bits per heavy atom. The fourth-order valence-corrected chi connectivity index (χ4v) is 4.08. The van der Waals surface area contributed by atoms with E-state index in [2.05, 4.69) is 15.3 Å². The molecule has 0 spiro atoms. The van der Waals surface area contributed by atoms with Crippen LogP contribution >= 0.6 is 0 Å². The Labute approximate surface area is 204 Å². The Kier molecular flexibility index (Phi) is 7.41. The zero-order valence-corrected chi connectivity index (χ0v) is 19.4. The first-order valence-corrected chi connectivity index (χ1v) is 11.3. The van der Waals surface area contributed by atoms with Crippen LogP contribution in [0.2, 0.25) is 0 Å². The molecular weight excluding hydrogens is 477 g/mol. The fraction of sp³-hybridized carbons (Fsp3) is 0.320. The number of nitrogens with one attached hydrogen (secondary N) is 2.